The number of halogens is 3. The van der Waals surface area contributed by atoms with Gasteiger partial charge in [-0.2, -0.15) is 0 Å². The molecular weight excluding hydrogens is 550 g/mol. The summed E-state index contributed by atoms with van der Waals surface area (Å²) >= 11 is 3.17. The molecule has 0 spiro atoms. The number of benzene rings is 1. The van der Waals surface area contributed by atoms with Crippen molar-refractivity contribution in [2.24, 2.45) is 4.99 Å². The summed E-state index contributed by atoms with van der Waals surface area (Å²) in [5, 5.41) is 3.23. The van der Waals surface area contributed by atoms with Crippen LogP contribution in [0.2, 0.25) is 0 Å². The van der Waals surface area contributed by atoms with Crippen LogP contribution in [0.3, 0.4) is 0 Å². The van der Waals surface area contributed by atoms with Crippen LogP contribution in [0.1, 0.15) is 12.0 Å². The van der Waals surface area contributed by atoms with Crippen molar-refractivity contribution in [3.8, 4) is 0 Å². The number of hydrogen-bond donors (Lipinski definition) is 1. The van der Waals surface area contributed by atoms with Crippen LogP contribution in [-0.4, -0.2) is 76.0 Å². The zero-order valence-electron chi connectivity index (χ0n) is 15.6. The van der Waals surface area contributed by atoms with Gasteiger partial charge in [-0.15, -0.1) is 24.0 Å². The summed E-state index contributed by atoms with van der Waals surface area (Å²) in [5.41, 5.74) is 0.961. The normalized spacial score (nSPS) is 16.1. The van der Waals surface area contributed by atoms with Crippen molar-refractivity contribution in [3.05, 3.63) is 34.1 Å². The minimum atomic E-state index is -2.93. The molecule has 1 aliphatic heterocycles. The van der Waals surface area contributed by atoms with Gasteiger partial charge in [-0.3, -0.25) is 9.89 Å². The average Bonchev–Trinajstić information content (AvgIpc) is 2.58. The third-order valence-electron chi connectivity index (χ3n) is 4.25. The first-order valence-corrected chi connectivity index (χ1v) is 11.4. The first kappa shape index (κ1) is 24.6. The molecule has 0 unspecified atom stereocenters. The van der Waals surface area contributed by atoms with E-state index in [0.717, 1.165) is 44.2 Å². The number of rotatable bonds is 6. The van der Waals surface area contributed by atoms with E-state index in [0.29, 0.717) is 17.4 Å². The molecule has 0 saturated carbocycles. The molecule has 1 aromatic rings. The Bertz CT molecular complexity index is 740. The van der Waals surface area contributed by atoms with Gasteiger partial charge in [0.2, 0.25) is 0 Å². The predicted octanol–water partition coefficient (Wildman–Crippen LogP) is 2.33. The maximum atomic E-state index is 13.6. The number of piperazine rings is 1. The van der Waals surface area contributed by atoms with E-state index in [1.807, 2.05) is 6.07 Å². The molecule has 27 heavy (non-hydrogen) atoms. The number of nitrogens with zero attached hydrogens (tertiary/aromatic N) is 3. The van der Waals surface area contributed by atoms with Crippen LogP contribution in [0.5, 0.6) is 0 Å². The van der Waals surface area contributed by atoms with Gasteiger partial charge < -0.3 is 10.2 Å². The van der Waals surface area contributed by atoms with Crippen LogP contribution >= 0.6 is 39.9 Å². The zero-order valence-corrected chi connectivity index (χ0v) is 20.4. The minimum absolute atomic E-state index is 0. The van der Waals surface area contributed by atoms with Gasteiger partial charge in [-0.05, 0) is 40.0 Å². The number of hydrogen-bond acceptors (Lipinski definition) is 4. The Morgan fingerprint density at radius 2 is 1.96 bits per heavy atom. The van der Waals surface area contributed by atoms with Crippen molar-refractivity contribution in [1.82, 2.24) is 15.1 Å². The van der Waals surface area contributed by atoms with E-state index in [2.05, 4.69) is 36.0 Å². The number of guanidine groups is 1. The fourth-order valence-electron chi connectivity index (χ4n) is 2.88. The Kier molecular flexibility index (Phi) is 10.5. The maximum absolute atomic E-state index is 13.6. The van der Waals surface area contributed by atoms with Crippen LogP contribution in [0.15, 0.2) is 27.7 Å². The van der Waals surface area contributed by atoms with E-state index in [4.69, 9.17) is 0 Å². The van der Waals surface area contributed by atoms with Crippen LogP contribution < -0.4 is 5.32 Å². The standard InChI is InChI=1S/C17H26BrFN4O2S.HI/c1-20-17(21-6-3-11-26(2,24)25)23-9-7-22(8-10-23)13-14-4-5-15(18)16(19)12-14;/h4-5,12H,3,6-11,13H2,1-2H3,(H,20,21);1H. The molecule has 0 radical (unpaired) electrons. The van der Waals surface area contributed by atoms with E-state index < -0.39 is 9.84 Å². The van der Waals surface area contributed by atoms with Gasteiger partial charge in [0.1, 0.15) is 15.7 Å². The molecule has 1 aliphatic rings. The fraction of sp³-hybridized carbons (Fsp3) is 0.588. The fourth-order valence-corrected chi connectivity index (χ4v) is 3.80. The lowest BCUT2D eigenvalue weighted by Gasteiger charge is -2.36. The van der Waals surface area contributed by atoms with E-state index in [1.165, 1.54) is 6.26 Å². The Labute approximate surface area is 186 Å². The average molecular weight is 577 g/mol. The van der Waals surface area contributed by atoms with Crippen molar-refractivity contribution in [2.75, 3.05) is 51.8 Å². The van der Waals surface area contributed by atoms with Crippen LogP contribution in [0.25, 0.3) is 0 Å². The molecule has 1 saturated heterocycles. The third kappa shape index (κ3) is 8.61. The SMILES string of the molecule is CN=C(NCCCS(C)(=O)=O)N1CCN(Cc2ccc(Br)c(F)c2)CC1.I. The molecular formula is C17H27BrFIN4O2S. The molecule has 1 aromatic carbocycles. The predicted molar refractivity (Wildman–Crippen MR) is 122 cm³/mol. The quantitative estimate of drug-likeness (QED) is 0.244. The summed E-state index contributed by atoms with van der Waals surface area (Å²) in [4.78, 5) is 8.74. The number of nitrogens with one attached hydrogen (secondary N) is 1. The lowest BCUT2D eigenvalue weighted by atomic mass is 10.2. The largest absolute Gasteiger partial charge is 0.356 e. The summed E-state index contributed by atoms with van der Waals surface area (Å²) in [7, 11) is -1.19. The second kappa shape index (κ2) is 11.5. The Balaban J connectivity index is 0.00000364. The van der Waals surface area contributed by atoms with Gasteiger partial charge in [0.05, 0.1) is 10.2 Å². The lowest BCUT2D eigenvalue weighted by molar-refractivity contribution is 0.172. The molecule has 1 heterocycles. The van der Waals surface area contributed by atoms with Gasteiger partial charge in [0, 0.05) is 52.6 Å². The van der Waals surface area contributed by atoms with Crippen molar-refractivity contribution >= 4 is 55.7 Å². The van der Waals surface area contributed by atoms with E-state index in [1.54, 1.807) is 19.2 Å². The highest BCUT2D eigenvalue weighted by atomic mass is 127. The molecule has 1 N–H and O–H groups in total. The number of aliphatic imine (C=N–C) groups is 1. The molecule has 0 aliphatic carbocycles. The van der Waals surface area contributed by atoms with Crippen molar-refractivity contribution in [1.29, 1.82) is 0 Å². The van der Waals surface area contributed by atoms with Crippen molar-refractivity contribution in [3.63, 3.8) is 0 Å². The lowest BCUT2D eigenvalue weighted by Crippen LogP contribution is -2.52. The monoisotopic (exact) mass is 576 g/mol. The second-order valence-electron chi connectivity index (χ2n) is 6.47. The third-order valence-corrected chi connectivity index (χ3v) is 5.92. The Morgan fingerprint density at radius 1 is 1.30 bits per heavy atom. The molecule has 154 valence electrons. The molecule has 10 heteroatoms. The topological polar surface area (TPSA) is 65.0 Å². The molecule has 6 nitrogen and oxygen atoms in total. The zero-order chi connectivity index (χ0) is 19.2. The smallest absolute Gasteiger partial charge is 0.193 e. The highest BCUT2D eigenvalue weighted by Gasteiger charge is 2.19. The highest BCUT2D eigenvalue weighted by molar-refractivity contribution is 14.0. The van der Waals surface area contributed by atoms with Gasteiger partial charge in [0.25, 0.3) is 0 Å². The minimum Gasteiger partial charge on any atom is -0.356 e. The van der Waals surface area contributed by atoms with Gasteiger partial charge in [-0.25, -0.2) is 12.8 Å². The maximum Gasteiger partial charge on any atom is 0.193 e. The second-order valence-corrected chi connectivity index (χ2v) is 9.58. The van der Waals surface area contributed by atoms with Crippen LogP contribution in [-0.2, 0) is 16.4 Å². The van der Waals surface area contributed by atoms with Crippen LogP contribution in [0.4, 0.5) is 4.39 Å². The van der Waals surface area contributed by atoms with Crippen molar-refractivity contribution in [2.45, 2.75) is 13.0 Å². The number of sulfone groups is 1. The summed E-state index contributed by atoms with van der Waals surface area (Å²) in [6, 6.07) is 5.24. The first-order chi connectivity index (χ1) is 12.3. The molecule has 0 atom stereocenters. The van der Waals surface area contributed by atoms with E-state index in [9.17, 15) is 12.8 Å². The summed E-state index contributed by atoms with van der Waals surface area (Å²) < 4.78 is 36.5. The summed E-state index contributed by atoms with van der Waals surface area (Å²) in [6.07, 6.45) is 1.81. The van der Waals surface area contributed by atoms with Crippen molar-refractivity contribution < 1.29 is 12.8 Å². The molecule has 2 rings (SSSR count). The molecule has 0 bridgehead atoms. The van der Waals surface area contributed by atoms with Gasteiger partial charge in [0.15, 0.2) is 5.96 Å². The Morgan fingerprint density at radius 3 is 2.52 bits per heavy atom. The van der Waals surface area contributed by atoms with Gasteiger partial charge in [-0.1, -0.05) is 6.07 Å². The molecule has 0 amide bonds. The molecule has 1 fully saturated rings. The van der Waals surface area contributed by atoms with Gasteiger partial charge >= 0.3 is 0 Å². The Hall–Kier alpha value is -0.460. The van der Waals surface area contributed by atoms with Crippen LogP contribution in [0, 0.1) is 5.82 Å². The first-order valence-electron chi connectivity index (χ1n) is 8.58. The van der Waals surface area contributed by atoms with E-state index in [-0.39, 0.29) is 35.5 Å². The summed E-state index contributed by atoms with van der Waals surface area (Å²) in [5.74, 6) is 0.738. The van der Waals surface area contributed by atoms with E-state index >= 15 is 0 Å². The molecule has 0 aromatic heterocycles. The highest BCUT2D eigenvalue weighted by Crippen LogP contribution is 2.18. The summed E-state index contributed by atoms with van der Waals surface area (Å²) in [6.45, 7) is 4.68.